The Labute approximate surface area is 97.0 Å². The number of hydrogen-bond acceptors (Lipinski definition) is 2. The van der Waals surface area contributed by atoms with Gasteiger partial charge in [-0.3, -0.25) is 4.79 Å². The second kappa shape index (κ2) is 6.28. The van der Waals surface area contributed by atoms with Gasteiger partial charge >= 0.3 is 0 Å². The number of hydrogen-bond donors (Lipinski definition) is 2. The number of primary amides is 1. The fourth-order valence-corrected chi connectivity index (χ4v) is 1.49. The summed E-state index contributed by atoms with van der Waals surface area (Å²) in [6.45, 7) is 5.09. The Bertz CT molecular complexity index is 324. The molecular weight excluding hydrogens is 200 g/mol. The van der Waals surface area contributed by atoms with Crippen LogP contribution in [0.1, 0.15) is 31.9 Å². The van der Waals surface area contributed by atoms with Gasteiger partial charge in [0.05, 0.1) is 0 Å². The van der Waals surface area contributed by atoms with Crippen molar-refractivity contribution in [2.75, 3.05) is 6.54 Å². The normalized spacial score (nSPS) is 14.4. The summed E-state index contributed by atoms with van der Waals surface area (Å²) in [6, 6.07) is 9.20. The van der Waals surface area contributed by atoms with Gasteiger partial charge in [0.2, 0.25) is 5.91 Å². The highest BCUT2D eigenvalue weighted by molar-refractivity contribution is 5.81. The van der Waals surface area contributed by atoms with E-state index in [2.05, 4.69) is 19.2 Å². The Morgan fingerprint density at radius 1 is 1.38 bits per heavy atom. The number of nitrogens with one attached hydrogen (secondary N) is 1. The van der Waals surface area contributed by atoms with Crippen LogP contribution in [0.15, 0.2) is 30.3 Å². The summed E-state index contributed by atoms with van der Waals surface area (Å²) in [5.41, 5.74) is 6.32. The predicted molar refractivity (Wildman–Crippen MR) is 65.8 cm³/mol. The first-order chi connectivity index (χ1) is 7.65. The second-order valence-electron chi connectivity index (χ2n) is 4.17. The number of benzene rings is 1. The minimum Gasteiger partial charge on any atom is -0.368 e. The zero-order valence-electron chi connectivity index (χ0n) is 9.94. The average molecular weight is 220 g/mol. The van der Waals surface area contributed by atoms with Crippen molar-refractivity contribution in [3.05, 3.63) is 35.9 Å². The summed E-state index contributed by atoms with van der Waals surface area (Å²) in [5.74, 6) is 0.222. The minimum absolute atomic E-state index is 0.325. The maximum Gasteiger partial charge on any atom is 0.239 e. The van der Waals surface area contributed by atoms with E-state index in [4.69, 9.17) is 5.73 Å². The number of nitrogens with two attached hydrogens (primary N) is 1. The lowest BCUT2D eigenvalue weighted by Crippen LogP contribution is -2.35. The quantitative estimate of drug-likeness (QED) is 0.768. The third-order valence-electron chi connectivity index (χ3n) is 2.78. The largest absolute Gasteiger partial charge is 0.368 e. The summed E-state index contributed by atoms with van der Waals surface area (Å²) in [6.07, 6.45) is 1.09. The molecule has 0 bridgehead atoms. The van der Waals surface area contributed by atoms with Crippen LogP contribution in [0.5, 0.6) is 0 Å². The van der Waals surface area contributed by atoms with Crippen molar-refractivity contribution in [1.82, 2.24) is 5.32 Å². The molecule has 1 aromatic carbocycles. The molecule has 0 spiro atoms. The molecule has 88 valence electrons. The van der Waals surface area contributed by atoms with Crippen molar-refractivity contribution in [2.24, 2.45) is 11.7 Å². The van der Waals surface area contributed by atoms with E-state index >= 15 is 0 Å². The first-order valence-corrected chi connectivity index (χ1v) is 5.72. The predicted octanol–water partition coefficient (Wildman–Crippen LogP) is 1.85. The smallest absolute Gasteiger partial charge is 0.239 e. The molecule has 0 aromatic heterocycles. The molecule has 0 aliphatic carbocycles. The summed E-state index contributed by atoms with van der Waals surface area (Å²) >= 11 is 0. The Hall–Kier alpha value is -1.35. The highest BCUT2D eigenvalue weighted by Gasteiger charge is 2.17. The summed E-state index contributed by atoms with van der Waals surface area (Å²) < 4.78 is 0. The molecule has 1 aromatic rings. The van der Waals surface area contributed by atoms with Crippen molar-refractivity contribution in [1.29, 1.82) is 0 Å². The van der Waals surface area contributed by atoms with Crippen LogP contribution in [-0.2, 0) is 4.79 Å². The molecule has 2 atom stereocenters. The minimum atomic E-state index is -0.379. The van der Waals surface area contributed by atoms with Crippen LogP contribution in [0, 0.1) is 5.92 Å². The molecule has 0 heterocycles. The van der Waals surface area contributed by atoms with Crippen LogP contribution in [-0.4, -0.2) is 12.5 Å². The van der Waals surface area contributed by atoms with Crippen molar-refractivity contribution < 1.29 is 4.79 Å². The van der Waals surface area contributed by atoms with Crippen LogP contribution in [0.2, 0.25) is 0 Å². The van der Waals surface area contributed by atoms with E-state index in [1.807, 2.05) is 30.3 Å². The standard InChI is InChI=1S/C13H20N2O/c1-3-10(2)9-15-12(13(14)16)11-7-5-4-6-8-11/h4-8,10,12,15H,3,9H2,1-2H3,(H2,14,16). The second-order valence-corrected chi connectivity index (χ2v) is 4.17. The van der Waals surface area contributed by atoms with E-state index in [1.54, 1.807) is 0 Å². The van der Waals surface area contributed by atoms with Gasteiger partial charge in [-0.25, -0.2) is 0 Å². The summed E-state index contributed by atoms with van der Waals surface area (Å²) in [4.78, 5) is 11.4. The van der Waals surface area contributed by atoms with Gasteiger partial charge in [0.15, 0.2) is 0 Å². The van der Waals surface area contributed by atoms with Gasteiger partial charge in [-0.2, -0.15) is 0 Å². The summed E-state index contributed by atoms with van der Waals surface area (Å²) in [7, 11) is 0. The first-order valence-electron chi connectivity index (χ1n) is 5.72. The Morgan fingerprint density at radius 3 is 2.50 bits per heavy atom. The van der Waals surface area contributed by atoms with Crippen LogP contribution < -0.4 is 11.1 Å². The van der Waals surface area contributed by atoms with Crippen LogP contribution in [0.4, 0.5) is 0 Å². The van der Waals surface area contributed by atoms with Crippen molar-refractivity contribution in [2.45, 2.75) is 26.3 Å². The van der Waals surface area contributed by atoms with E-state index < -0.39 is 0 Å². The zero-order chi connectivity index (χ0) is 12.0. The van der Waals surface area contributed by atoms with E-state index in [-0.39, 0.29) is 11.9 Å². The van der Waals surface area contributed by atoms with E-state index in [0.29, 0.717) is 5.92 Å². The number of carbonyl (C=O) groups excluding carboxylic acids is 1. The van der Waals surface area contributed by atoms with E-state index in [9.17, 15) is 4.79 Å². The van der Waals surface area contributed by atoms with Gasteiger partial charge in [-0.15, -0.1) is 0 Å². The van der Waals surface area contributed by atoms with Gasteiger partial charge in [0.1, 0.15) is 6.04 Å². The lowest BCUT2D eigenvalue weighted by atomic mass is 10.0. The van der Waals surface area contributed by atoms with E-state index in [0.717, 1.165) is 18.5 Å². The van der Waals surface area contributed by atoms with Crippen molar-refractivity contribution in [3.8, 4) is 0 Å². The lowest BCUT2D eigenvalue weighted by Gasteiger charge is -2.18. The van der Waals surface area contributed by atoms with Gasteiger partial charge in [0.25, 0.3) is 0 Å². The van der Waals surface area contributed by atoms with Crippen LogP contribution >= 0.6 is 0 Å². The molecule has 0 saturated heterocycles. The molecule has 3 heteroatoms. The number of rotatable bonds is 6. The molecule has 0 aliphatic rings. The van der Waals surface area contributed by atoms with Gasteiger partial charge in [-0.1, -0.05) is 50.6 Å². The topological polar surface area (TPSA) is 55.1 Å². The molecule has 3 nitrogen and oxygen atoms in total. The molecule has 0 radical (unpaired) electrons. The number of carbonyl (C=O) groups is 1. The first kappa shape index (κ1) is 12.7. The average Bonchev–Trinajstić information content (AvgIpc) is 2.30. The molecule has 0 saturated carbocycles. The van der Waals surface area contributed by atoms with Crippen LogP contribution in [0.25, 0.3) is 0 Å². The molecule has 0 fully saturated rings. The molecule has 2 unspecified atom stereocenters. The Balaban J connectivity index is 2.66. The molecule has 1 amide bonds. The SMILES string of the molecule is CCC(C)CNC(C(N)=O)c1ccccc1. The third-order valence-corrected chi connectivity index (χ3v) is 2.78. The number of amides is 1. The monoisotopic (exact) mass is 220 g/mol. The van der Waals surface area contributed by atoms with E-state index in [1.165, 1.54) is 0 Å². The molecule has 3 N–H and O–H groups in total. The van der Waals surface area contributed by atoms with Crippen LogP contribution in [0.3, 0.4) is 0 Å². The van der Waals surface area contributed by atoms with Crippen molar-refractivity contribution >= 4 is 5.91 Å². The lowest BCUT2D eigenvalue weighted by molar-refractivity contribution is -0.120. The molecule has 0 aliphatic heterocycles. The molecule has 1 rings (SSSR count). The molecule has 16 heavy (non-hydrogen) atoms. The third kappa shape index (κ3) is 3.66. The Kier molecular flexibility index (Phi) is 4.99. The van der Waals surface area contributed by atoms with Gasteiger partial charge in [-0.05, 0) is 18.0 Å². The van der Waals surface area contributed by atoms with Crippen molar-refractivity contribution in [3.63, 3.8) is 0 Å². The fraction of sp³-hybridized carbons (Fsp3) is 0.462. The van der Waals surface area contributed by atoms with Gasteiger partial charge in [0, 0.05) is 0 Å². The highest BCUT2D eigenvalue weighted by Crippen LogP contribution is 2.12. The molecular formula is C13H20N2O. The highest BCUT2D eigenvalue weighted by atomic mass is 16.1. The Morgan fingerprint density at radius 2 is 2.00 bits per heavy atom. The maximum atomic E-state index is 11.4. The van der Waals surface area contributed by atoms with Gasteiger partial charge < -0.3 is 11.1 Å². The maximum absolute atomic E-state index is 11.4. The fourth-order valence-electron chi connectivity index (χ4n) is 1.49. The summed E-state index contributed by atoms with van der Waals surface area (Å²) in [5, 5.41) is 3.21. The zero-order valence-corrected chi connectivity index (χ0v) is 9.94.